The molecule has 1 aliphatic carbocycles. The third kappa shape index (κ3) is 4.52. The molecule has 0 radical (unpaired) electrons. The van der Waals surface area contributed by atoms with Crippen molar-refractivity contribution in [2.45, 2.75) is 55.9 Å². The number of benzene rings is 1. The number of nitrogens with one attached hydrogen (secondary N) is 1. The van der Waals surface area contributed by atoms with Crippen molar-refractivity contribution in [3.05, 3.63) is 28.2 Å². The molecular formula is C15H22BrNO3S. The average Bonchev–Trinajstić information content (AvgIpc) is 2.62. The molecule has 0 spiro atoms. The molecule has 0 atom stereocenters. The highest BCUT2D eigenvalue weighted by molar-refractivity contribution is 9.10. The van der Waals surface area contributed by atoms with Crippen LogP contribution in [0.1, 0.15) is 44.1 Å². The minimum Gasteiger partial charge on any atom is -0.389 e. The molecule has 0 saturated heterocycles. The zero-order valence-electron chi connectivity index (χ0n) is 12.2. The SMILES string of the molecule is Cc1ccc(S(=O)(=O)NCC2(O)CCCCCC2)c(Br)c1. The molecule has 118 valence electrons. The maximum atomic E-state index is 12.4. The average molecular weight is 376 g/mol. The van der Waals surface area contributed by atoms with Gasteiger partial charge in [0.2, 0.25) is 10.0 Å². The highest BCUT2D eigenvalue weighted by atomic mass is 79.9. The molecule has 2 N–H and O–H groups in total. The molecule has 1 aliphatic rings. The van der Waals surface area contributed by atoms with Crippen LogP contribution < -0.4 is 4.72 Å². The van der Waals surface area contributed by atoms with Crippen molar-refractivity contribution in [1.29, 1.82) is 0 Å². The lowest BCUT2D eigenvalue weighted by Gasteiger charge is -2.26. The van der Waals surface area contributed by atoms with E-state index in [9.17, 15) is 13.5 Å². The summed E-state index contributed by atoms with van der Waals surface area (Å²) in [6.45, 7) is 1.98. The van der Waals surface area contributed by atoms with Gasteiger partial charge in [0.25, 0.3) is 0 Å². The second kappa shape index (κ2) is 6.77. The maximum absolute atomic E-state index is 12.4. The van der Waals surface area contributed by atoms with Gasteiger partial charge < -0.3 is 5.11 Å². The lowest BCUT2D eigenvalue weighted by molar-refractivity contribution is 0.0303. The van der Waals surface area contributed by atoms with E-state index >= 15 is 0 Å². The molecule has 2 rings (SSSR count). The predicted molar refractivity (Wildman–Crippen MR) is 86.7 cm³/mol. The fourth-order valence-electron chi connectivity index (χ4n) is 2.69. The van der Waals surface area contributed by atoms with Crippen LogP contribution in [0.25, 0.3) is 0 Å². The van der Waals surface area contributed by atoms with Crippen molar-refractivity contribution in [3.63, 3.8) is 0 Å². The molecule has 0 heterocycles. The summed E-state index contributed by atoms with van der Waals surface area (Å²) in [5.41, 5.74) is 0.0732. The normalized spacial score (nSPS) is 19.2. The van der Waals surface area contributed by atoms with E-state index in [1.54, 1.807) is 18.2 Å². The van der Waals surface area contributed by atoms with Crippen molar-refractivity contribution in [1.82, 2.24) is 4.72 Å². The zero-order valence-corrected chi connectivity index (χ0v) is 14.6. The molecule has 0 amide bonds. The molecule has 1 fully saturated rings. The Kier molecular flexibility index (Phi) is 5.46. The first-order valence-electron chi connectivity index (χ1n) is 7.31. The van der Waals surface area contributed by atoms with Crippen LogP contribution in [-0.2, 0) is 10.0 Å². The van der Waals surface area contributed by atoms with Crippen molar-refractivity contribution in [2.75, 3.05) is 6.54 Å². The van der Waals surface area contributed by atoms with E-state index in [1.807, 2.05) is 6.92 Å². The van der Waals surface area contributed by atoms with Crippen molar-refractivity contribution in [3.8, 4) is 0 Å². The number of aryl methyl sites for hydroxylation is 1. The first kappa shape index (κ1) is 16.9. The lowest BCUT2D eigenvalue weighted by atomic mass is 9.95. The molecule has 0 bridgehead atoms. The standard InChI is InChI=1S/C15H22BrNO3S/c1-12-6-7-14(13(16)10-12)21(19,20)17-11-15(18)8-4-2-3-5-9-15/h6-7,10,17-18H,2-5,8-9,11H2,1H3. The Morgan fingerprint density at radius 2 is 1.86 bits per heavy atom. The van der Waals surface area contributed by atoms with Crippen LogP contribution in [0.3, 0.4) is 0 Å². The van der Waals surface area contributed by atoms with E-state index < -0.39 is 15.6 Å². The molecule has 21 heavy (non-hydrogen) atoms. The van der Waals surface area contributed by atoms with E-state index in [1.165, 1.54) is 0 Å². The first-order valence-corrected chi connectivity index (χ1v) is 9.58. The summed E-state index contributed by atoms with van der Waals surface area (Å²) in [5, 5.41) is 10.5. The van der Waals surface area contributed by atoms with Gasteiger partial charge in [-0.1, -0.05) is 31.7 Å². The molecule has 1 aromatic rings. The van der Waals surface area contributed by atoms with Gasteiger partial charge in [0.05, 0.1) is 10.5 Å². The Labute approximate surface area is 135 Å². The van der Waals surface area contributed by atoms with Gasteiger partial charge in [0, 0.05) is 11.0 Å². The number of halogens is 1. The van der Waals surface area contributed by atoms with Gasteiger partial charge >= 0.3 is 0 Å². The summed E-state index contributed by atoms with van der Waals surface area (Å²) in [6, 6.07) is 5.12. The number of rotatable bonds is 4. The van der Waals surface area contributed by atoms with E-state index in [0.717, 1.165) is 31.2 Å². The van der Waals surface area contributed by atoms with Crippen molar-refractivity contribution < 1.29 is 13.5 Å². The summed E-state index contributed by atoms with van der Waals surface area (Å²) in [4.78, 5) is 0.213. The van der Waals surface area contributed by atoms with Crippen LogP contribution in [0.2, 0.25) is 0 Å². The van der Waals surface area contributed by atoms with Crippen LogP contribution in [0.5, 0.6) is 0 Å². The minimum absolute atomic E-state index is 0.0790. The fraction of sp³-hybridized carbons (Fsp3) is 0.600. The second-order valence-corrected chi connectivity index (χ2v) is 8.49. The summed E-state index contributed by atoms with van der Waals surface area (Å²) in [5.74, 6) is 0. The van der Waals surface area contributed by atoms with Crippen molar-refractivity contribution >= 4 is 26.0 Å². The summed E-state index contributed by atoms with van der Waals surface area (Å²) in [7, 11) is -3.61. The van der Waals surface area contributed by atoms with Crippen LogP contribution in [-0.4, -0.2) is 25.7 Å². The summed E-state index contributed by atoms with van der Waals surface area (Å²) >= 11 is 3.29. The van der Waals surface area contributed by atoms with Gasteiger partial charge in [-0.3, -0.25) is 0 Å². The van der Waals surface area contributed by atoms with Crippen molar-refractivity contribution in [2.24, 2.45) is 0 Å². The third-order valence-electron chi connectivity index (χ3n) is 4.00. The van der Waals surface area contributed by atoms with Crippen LogP contribution in [0, 0.1) is 6.92 Å². The topological polar surface area (TPSA) is 66.4 Å². The molecule has 6 heteroatoms. The summed E-state index contributed by atoms with van der Waals surface area (Å²) < 4.78 is 27.9. The van der Waals surface area contributed by atoms with E-state index in [4.69, 9.17) is 0 Å². The quantitative estimate of drug-likeness (QED) is 0.794. The maximum Gasteiger partial charge on any atom is 0.241 e. The number of sulfonamides is 1. The van der Waals surface area contributed by atoms with Gasteiger partial charge in [0.15, 0.2) is 0 Å². The molecule has 0 aromatic heterocycles. The monoisotopic (exact) mass is 375 g/mol. The van der Waals surface area contributed by atoms with Gasteiger partial charge in [0.1, 0.15) is 0 Å². The smallest absolute Gasteiger partial charge is 0.241 e. The van der Waals surface area contributed by atoms with Gasteiger partial charge in [-0.2, -0.15) is 0 Å². The molecule has 1 saturated carbocycles. The third-order valence-corrected chi connectivity index (χ3v) is 6.38. The number of hydrogen-bond acceptors (Lipinski definition) is 3. The Hall–Kier alpha value is -0.430. The summed E-state index contributed by atoms with van der Waals surface area (Å²) in [6.07, 6.45) is 5.44. The Morgan fingerprint density at radius 1 is 1.24 bits per heavy atom. The van der Waals surface area contributed by atoms with Crippen LogP contribution in [0.15, 0.2) is 27.6 Å². The van der Waals surface area contributed by atoms with Crippen LogP contribution >= 0.6 is 15.9 Å². The minimum atomic E-state index is -3.61. The molecule has 4 nitrogen and oxygen atoms in total. The predicted octanol–water partition coefficient (Wildman–Crippen LogP) is 3.12. The van der Waals surface area contributed by atoms with Gasteiger partial charge in [-0.15, -0.1) is 0 Å². The first-order chi connectivity index (χ1) is 9.82. The van der Waals surface area contributed by atoms with E-state index in [0.29, 0.717) is 17.3 Å². The number of hydrogen-bond donors (Lipinski definition) is 2. The molecular weight excluding hydrogens is 354 g/mol. The lowest BCUT2D eigenvalue weighted by Crippen LogP contribution is -2.42. The zero-order chi connectivity index (χ0) is 15.5. The molecule has 0 unspecified atom stereocenters. The highest BCUT2D eigenvalue weighted by Gasteiger charge is 2.30. The van der Waals surface area contributed by atoms with E-state index in [-0.39, 0.29) is 11.4 Å². The van der Waals surface area contributed by atoms with Gasteiger partial charge in [-0.05, 0) is 53.4 Å². The van der Waals surface area contributed by atoms with Crippen LogP contribution in [0.4, 0.5) is 0 Å². The van der Waals surface area contributed by atoms with Gasteiger partial charge in [-0.25, -0.2) is 13.1 Å². The fourth-order valence-corrected chi connectivity index (χ4v) is 5.00. The Morgan fingerprint density at radius 3 is 2.43 bits per heavy atom. The molecule has 1 aromatic carbocycles. The Bertz CT molecular complexity index is 593. The number of aliphatic hydroxyl groups is 1. The second-order valence-electron chi connectivity index (χ2n) is 5.90. The highest BCUT2D eigenvalue weighted by Crippen LogP contribution is 2.28. The molecule has 0 aliphatic heterocycles. The largest absolute Gasteiger partial charge is 0.389 e. The Balaban J connectivity index is 2.10. The van der Waals surface area contributed by atoms with E-state index in [2.05, 4.69) is 20.7 Å².